The molecule has 1 amide bonds. The van der Waals surface area contributed by atoms with E-state index >= 15 is 0 Å². The van der Waals surface area contributed by atoms with Crippen molar-refractivity contribution in [3.63, 3.8) is 0 Å². The summed E-state index contributed by atoms with van der Waals surface area (Å²) in [7, 11) is 0. The molecule has 2 aliphatic rings. The smallest absolute Gasteiger partial charge is 0.250 e. The van der Waals surface area contributed by atoms with E-state index in [4.69, 9.17) is 4.84 Å². The van der Waals surface area contributed by atoms with Crippen LogP contribution < -0.4 is 10.8 Å². The van der Waals surface area contributed by atoms with Gasteiger partial charge in [-0.3, -0.25) is 9.63 Å². The first-order valence-electron chi connectivity index (χ1n) is 3.04. The number of fused-ring (bicyclic) bond motifs is 1. The van der Waals surface area contributed by atoms with Crippen LogP contribution in [0.4, 0.5) is 0 Å². The van der Waals surface area contributed by atoms with Gasteiger partial charge in [0.2, 0.25) is 0 Å². The Labute approximate surface area is 52.5 Å². The van der Waals surface area contributed by atoms with Crippen LogP contribution in [-0.4, -0.2) is 25.1 Å². The summed E-state index contributed by atoms with van der Waals surface area (Å²) in [6, 6.07) is 0. The standard InChI is InChI=1S/C5H8N2O2/c8-5-3-1-6-2-4(3)9-7-5/h3-4,6H,1-2H2,(H,7,8). The number of hydrogen-bond acceptors (Lipinski definition) is 3. The third kappa shape index (κ3) is 0.635. The van der Waals surface area contributed by atoms with Crippen molar-refractivity contribution >= 4 is 5.91 Å². The normalized spacial score (nSPS) is 40.7. The monoisotopic (exact) mass is 128 g/mol. The van der Waals surface area contributed by atoms with Crippen LogP contribution in [0.2, 0.25) is 0 Å². The maximum atomic E-state index is 10.8. The number of carbonyl (C=O) groups is 1. The van der Waals surface area contributed by atoms with Gasteiger partial charge in [-0.05, 0) is 0 Å². The molecule has 2 saturated heterocycles. The molecule has 2 unspecified atom stereocenters. The van der Waals surface area contributed by atoms with E-state index < -0.39 is 0 Å². The van der Waals surface area contributed by atoms with Crippen molar-refractivity contribution in [2.24, 2.45) is 5.92 Å². The van der Waals surface area contributed by atoms with Crippen LogP contribution in [0, 0.1) is 5.92 Å². The van der Waals surface area contributed by atoms with Gasteiger partial charge in [0.1, 0.15) is 6.10 Å². The number of hydroxylamine groups is 1. The highest BCUT2D eigenvalue weighted by Gasteiger charge is 2.39. The van der Waals surface area contributed by atoms with Gasteiger partial charge in [0, 0.05) is 13.1 Å². The molecule has 9 heavy (non-hydrogen) atoms. The summed E-state index contributed by atoms with van der Waals surface area (Å²) >= 11 is 0. The Morgan fingerprint density at radius 1 is 1.56 bits per heavy atom. The second-order valence-corrected chi connectivity index (χ2v) is 2.39. The highest BCUT2D eigenvalue weighted by molar-refractivity contribution is 5.80. The molecule has 0 radical (unpaired) electrons. The van der Waals surface area contributed by atoms with Gasteiger partial charge in [-0.1, -0.05) is 0 Å². The predicted octanol–water partition coefficient (Wildman–Crippen LogP) is -1.36. The first-order valence-corrected chi connectivity index (χ1v) is 3.04. The van der Waals surface area contributed by atoms with Crippen LogP contribution in [-0.2, 0) is 9.63 Å². The molecule has 0 bridgehead atoms. The summed E-state index contributed by atoms with van der Waals surface area (Å²) in [6.07, 6.45) is 0.0810. The van der Waals surface area contributed by atoms with E-state index in [1.807, 2.05) is 0 Å². The third-order valence-corrected chi connectivity index (χ3v) is 1.81. The molecular formula is C5H8N2O2. The summed E-state index contributed by atoms with van der Waals surface area (Å²) < 4.78 is 0. The lowest BCUT2D eigenvalue weighted by Gasteiger charge is -1.98. The Morgan fingerprint density at radius 2 is 2.44 bits per heavy atom. The molecule has 4 heteroatoms. The Bertz CT molecular complexity index is 148. The van der Waals surface area contributed by atoms with Crippen LogP contribution in [0.1, 0.15) is 0 Å². The molecule has 0 aliphatic carbocycles. The van der Waals surface area contributed by atoms with Gasteiger partial charge in [0.15, 0.2) is 0 Å². The van der Waals surface area contributed by atoms with E-state index in [1.54, 1.807) is 0 Å². The van der Waals surface area contributed by atoms with E-state index in [1.165, 1.54) is 0 Å². The molecule has 0 saturated carbocycles. The molecular weight excluding hydrogens is 120 g/mol. The van der Waals surface area contributed by atoms with Crippen LogP contribution >= 0.6 is 0 Å². The summed E-state index contributed by atoms with van der Waals surface area (Å²) in [4.78, 5) is 15.7. The van der Waals surface area contributed by atoms with Gasteiger partial charge >= 0.3 is 0 Å². The molecule has 2 heterocycles. The number of nitrogens with one attached hydrogen (secondary N) is 2. The molecule has 2 rings (SSSR count). The minimum absolute atomic E-state index is 0.0185. The van der Waals surface area contributed by atoms with Crippen molar-refractivity contribution in [3.05, 3.63) is 0 Å². The molecule has 4 nitrogen and oxygen atoms in total. The van der Waals surface area contributed by atoms with Gasteiger partial charge in [0.05, 0.1) is 5.92 Å². The van der Waals surface area contributed by atoms with E-state index in [-0.39, 0.29) is 17.9 Å². The average Bonchev–Trinajstić information content (AvgIpc) is 2.35. The molecule has 50 valence electrons. The maximum absolute atomic E-state index is 10.8. The van der Waals surface area contributed by atoms with Crippen molar-refractivity contribution in [2.75, 3.05) is 13.1 Å². The minimum atomic E-state index is 0.0185. The van der Waals surface area contributed by atoms with Crippen LogP contribution in [0.15, 0.2) is 0 Å². The molecule has 2 N–H and O–H groups in total. The van der Waals surface area contributed by atoms with Crippen molar-refractivity contribution in [3.8, 4) is 0 Å². The zero-order valence-electron chi connectivity index (χ0n) is 4.89. The molecule has 0 spiro atoms. The summed E-state index contributed by atoms with van der Waals surface area (Å²) in [5.74, 6) is 0.0787. The van der Waals surface area contributed by atoms with Gasteiger partial charge in [-0.2, -0.15) is 0 Å². The topological polar surface area (TPSA) is 50.4 Å². The van der Waals surface area contributed by atoms with E-state index in [9.17, 15) is 4.79 Å². The lowest BCUT2D eigenvalue weighted by molar-refractivity contribution is -0.126. The zero-order valence-corrected chi connectivity index (χ0v) is 4.89. The molecule has 0 aromatic heterocycles. The van der Waals surface area contributed by atoms with Gasteiger partial charge in [-0.25, -0.2) is 5.48 Å². The van der Waals surface area contributed by atoms with Crippen molar-refractivity contribution in [1.29, 1.82) is 0 Å². The summed E-state index contributed by atoms with van der Waals surface area (Å²) in [6.45, 7) is 1.56. The molecule has 2 atom stereocenters. The number of amides is 1. The van der Waals surface area contributed by atoms with Crippen LogP contribution in [0.3, 0.4) is 0 Å². The van der Waals surface area contributed by atoms with Crippen LogP contribution in [0.25, 0.3) is 0 Å². The largest absolute Gasteiger partial charge is 0.313 e. The second kappa shape index (κ2) is 1.68. The first kappa shape index (κ1) is 5.20. The molecule has 0 aromatic carbocycles. The predicted molar refractivity (Wildman–Crippen MR) is 29.4 cm³/mol. The quantitative estimate of drug-likeness (QED) is 0.423. The Morgan fingerprint density at radius 3 is 3.22 bits per heavy atom. The number of carbonyl (C=O) groups excluding carboxylic acids is 1. The van der Waals surface area contributed by atoms with Crippen molar-refractivity contribution in [1.82, 2.24) is 10.8 Å². The Hall–Kier alpha value is -0.610. The maximum Gasteiger partial charge on any atom is 0.250 e. The van der Waals surface area contributed by atoms with Gasteiger partial charge < -0.3 is 5.32 Å². The van der Waals surface area contributed by atoms with Crippen molar-refractivity contribution in [2.45, 2.75) is 6.10 Å². The van der Waals surface area contributed by atoms with Crippen molar-refractivity contribution < 1.29 is 9.63 Å². The SMILES string of the molecule is O=C1NOC2CNCC12. The van der Waals surface area contributed by atoms with E-state index in [0.29, 0.717) is 0 Å². The third-order valence-electron chi connectivity index (χ3n) is 1.81. The van der Waals surface area contributed by atoms with Crippen LogP contribution in [0.5, 0.6) is 0 Å². The van der Waals surface area contributed by atoms with Gasteiger partial charge in [-0.15, -0.1) is 0 Å². The highest BCUT2D eigenvalue weighted by atomic mass is 16.7. The zero-order chi connectivity index (χ0) is 6.27. The molecule has 0 aromatic rings. The first-order chi connectivity index (χ1) is 4.38. The summed E-state index contributed by atoms with van der Waals surface area (Å²) in [5, 5.41) is 3.07. The second-order valence-electron chi connectivity index (χ2n) is 2.39. The number of hydrogen-bond donors (Lipinski definition) is 2. The fourth-order valence-corrected chi connectivity index (χ4v) is 1.25. The fourth-order valence-electron chi connectivity index (χ4n) is 1.25. The Kier molecular flexibility index (Phi) is 0.972. The highest BCUT2D eigenvalue weighted by Crippen LogP contribution is 2.16. The summed E-state index contributed by atoms with van der Waals surface area (Å²) in [5.41, 5.74) is 2.34. The lowest BCUT2D eigenvalue weighted by Crippen LogP contribution is -2.23. The van der Waals surface area contributed by atoms with E-state index in [0.717, 1.165) is 13.1 Å². The fraction of sp³-hybridized carbons (Fsp3) is 0.800. The van der Waals surface area contributed by atoms with Gasteiger partial charge in [0.25, 0.3) is 5.91 Å². The average molecular weight is 128 g/mol. The van der Waals surface area contributed by atoms with E-state index in [2.05, 4.69) is 10.8 Å². The molecule has 2 fully saturated rings. The number of rotatable bonds is 0. The Balaban J connectivity index is 2.15. The lowest BCUT2D eigenvalue weighted by atomic mass is 10.1. The molecule has 2 aliphatic heterocycles. The minimum Gasteiger partial charge on any atom is -0.313 e.